The van der Waals surface area contributed by atoms with Crippen molar-refractivity contribution in [3.05, 3.63) is 58.9 Å². The number of benzene rings is 2. The van der Waals surface area contributed by atoms with Crippen molar-refractivity contribution < 1.29 is 14.0 Å². The predicted octanol–water partition coefficient (Wildman–Crippen LogP) is 3.51. The number of carbonyl (C=O) groups excluding carboxylic acids is 2. The van der Waals surface area contributed by atoms with Crippen molar-refractivity contribution in [3.8, 4) is 0 Å². The third-order valence-corrected chi connectivity index (χ3v) is 4.23. The summed E-state index contributed by atoms with van der Waals surface area (Å²) in [6.45, 7) is 3.90. The quantitative estimate of drug-likeness (QED) is 0.891. The molecule has 0 fully saturated rings. The average Bonchev–Trinajstić information content (AvgIpc) is 2.50. The number of amides is 2. The molecule has 1 unspecified atom stereocenters. The predicted molar refractivity (Wildman–Crippen MR) is 86.9 cm³/mol. The van der Waals surface area contributed by atoms with Crippen molar-refractivity contribution in [2.45, 2.75) is 26.2 Å². The van der Waals surface area contributed by atoms with Gasteiger partial charge in [-0.1, -0.05) is 18.2 Å². The number of carbonyl (C=O) groups is 2. The Morgan fingerprint density at radius 2 is 2.04 bits per heavy atom. The molecule has 1 aliphatic rings. The van der Waals surface area contributed by atoms with Crippen LogP contribution in [0.5, 0.6) is 0 Å². The number of halogens is 1. The van der Waals surface area contributed by atoms with Crippen molar-refractivity contribution in [3.63, 3.8) is 0 Å². The van der Waals surface area contributed by atoms with Crippen LogP contribution in [0.2, 0.25) is 0 Å². The van der Waals surface area contributed by atoms with Gasteiger partial charge in [-0.3, -0.25) is 9.59 Å². The zero-order valence-electron chi connectivity index (χ0n) is 12.9. The summed E-state index contributed by atoms with van der Waals surface area (Å²) in [4.78, 5) is 24.5. The maximum Gasteiger partial charge on any atom is 0.232 e. The van der Waals surface area contributed by atoms with Gasteiger partial charge in [0.1, 0.15) is 5.82 Å². The molecule has 5 heteroatoms. The number of anilines is 2. The molecule has 4 nitrogen and oxygen atoms in total. The van der Waals surface area contributed by atoms with Crippen LogP contribution >= 0.6 is 0 Å². The number of fused-ring (bicyclic) bond motifs is 1. The van der Waals surface area contributed by atoms with Gasteiger partial charge < -0.3 is 10.6 Å². The Morgan fingerprint density at radius 3 is 2.83 bits per heavy atom. The smallest absolute Gasteiger partial charge is 0.232 e. The minimum Gasteiger partial charge on any atom is -0.326 e. The molecule has 0 aliphatic carbocycles. The Morgan fingerprint density at radius 1 is 1.26 bits per heavy atom. The molecular formula is C18H17FN2O2. The van der Waals surface area contributed by atoms with Gasteiger partial charge in [-0.25, -0.2) is 4.39 Å². The first-order chi connectivity index (χ1) is 11.0. The highest BCUT2D eigenvalue weighted by atomic mass is 19.1. The highest BCUT2D eigenvalue weighted by Gasteiger charge is 2.31. The molecule has 1 heterocycles. The van der Waals surface area contributed by atoms with Gasteiger partial charge in [0.15, 0.2) is 0 Å². The Hall–Kier alpha value is -2.69. The van der Waals surface area contributed by atoms with Crippen LogP contribution in [-0.2, 0) is 9.59 Å². The second-order valence-electron chi connectivity index (χ2n) is 5.77. The molecule has 3 rings (SSSR count). The number of aryl methyl sites for hydroxylation is 1. The molecule has 0 saturated carbocycles. The monoisotopic (exact) mass is 312 g/mol. The van der Waals surface area contributed by atoms with E-state index in [1.54, 1.807) is 6.07 Å². The Kier molecular flexibility index (Phi) is 3.86. The van der Waals surface area contributed by atoms with Crippen LogP contribution in [0.1, 0.15) is 29.0 Å². The van der Waals surface area contributed by atoms with Crippen LogP contribution in [0.15, 0.2) is 36.4 Å². The van der Waals surface area contributed by atoms with Crippen LogP contribution < -0.4 is 10.6 Å². The summed E-state index contributed by atoms with van der Waals surface area (Å²) in [5.74, 6) is -1.62. The summed E-state index contributed by atoms with van der Waals surface area (Å²) in [6, 6.07) is 9.76. The van der Waals surface area contributed by atoms with Crippen molar-refractivity contribution in [1.82, 2.24) is 0 Å². The van der Waals surface area contributed by atoms with E-state index < -0.39 is 11.7 Å². The van der Waals surface area contributed by atoms with Gasteiger partial charge in [0.2, 0.25) is 11.8 Å². The largest absolute Gasteiger partial charge is 0.326 e. The zero-order chi connectivity index (χ0) is 16.6. The number of hydrogen-bond acceptors (Lipinski definition) is 2. The summed E-state index contributed by atoms with van der Waals surface area (Å²) in [5.41, 5.74) is 3.79. The molecule has 0 radical (unpaired) electrons. The molecule has 2 amide bonds. The molecule has 0 spiro atoms. The van der Waals surface area contributed by atoms with E-state index in [9.17, 15) is 14.0 Å². The van der Waals surface area contributed by atoms with Gasteiger partial charge in [0.25, 0.3) is 0 Å². The minimum atomic E-state index is -0.626. The second kappa shape index (κ2) is 5.83. The van der Waals surface area contributed by atoms with Crippen LogP contribution in [0.3, 0.4) is 0 Å². The zero-order valence-corrected chi connectivity index (χ0v) is 12.9. The van der Waals surface area contributed by atoms with E-state index >= 15 is 0 Å². The first-order valence-corrected chi connectivity index (χ1v) is 7.42. The first-order valence-electron chi connectivity index (χ1n) is 7.42. The fraction of sp³-hybridized carbons (Fsp3) is 0.222. The summed E-state index contributed by atoms with van der Waals surface area (Å²) in [7, 11) is 0. The molecule has 0 saturated heterocycles. The minimum absolute atomic E-state index is 0.0509. The van der Waals surface area contributed by atoms with Crippen molar-refractivity contribution in [1.29, 1.82) is 0 Å². The molecular weight excluding hydrogens is 295 g/mol. The molecule has 118 valence electrons. The number of nitrogens with one attached hydrogen (secondary N) is 2. The standard InChI is InChI=1S/C18H17FN2O2/c1-10-4-3-5-15(11(10)2)21-18(23)14-9-17(22)20-16-8-12(19)6-7-13(14)16/h3-8,14H,9H2,1-2H3,(H,20,22)(H,21,23). The topological polar surface area (TPSA) is 58.2 Å². The number of rotatable bonds is 2. The van der Waals surface area contributed by atoms with E-state index in [-0.39, 0.29) is 18.2 Å². The van der Waals surface area contributed by atoms with Crippen molar-refractivity contribution in [2.75, 3.05) is 10.6 Å². The average molecular weight is 312 g/mol. The Bertz CT molecular complexity index is 802. The third-order valence-electron chi connectivity index (χ3n) is 4.23. The summed E-state index contributed by atoms with van der Waals surface area (Å²) in [6.07, 6.45) is 0.0509. The van der Waals surface area contributed by atoms with E-state index in [0.717, 1.165) is 16.8 Å². The van der Waals surface area contributed by atoms with Gasteiger partial charge in [0, 0.05) is 17.8 Å². The SMILES string of the molecule is Cc1cccc(NC(=O)C2CC(=O)Nc3cc(F)ccc32)c1C. The maximum atomic E-state index is 13.3. The van der Waals surface area contributed by atoms with Crippen molar-refractivity contribution in [2.24, 2.45) is 0 Å². The highest BCUT2D eigenvalue weighted by Crippen LogP contribution is 2.34. The third kappa shape index (κ3) is 2.95. The van der Waals surface area contributed by atoms with E-state index in [1.807, 2.05) is 32.0 Å². The summed E-state index contributed by atoms with van der Waals surface area (Å²) >= 11 is 0. The Balaban J connectivity index is 1.91. The molecule has 1 atom stereocenters. The highest BCUT2D eigenvalue weighted by molar-refractivity contribution is 6.05. The molecule has 0 bridgehead atoms. The van der Waals surface area contributed by atoms with Crippen LogP contribution in [-0.4, -0.2) is 11.8 Å². The van der Waals surface area contributed by atoms with E-state index in [2.05, 4.69) is 10.6 Å². The lowest BCUT2D eigenvalue weighted by Gasteiger charge is -2.25. The van der Waals surface area contributed by atoms with E-state index in [1.165, 1.54) is 12.1 Å². The van der Waals surface area contributed by atoms with Gasteiger partial charge >= 0.3 is 0 Å². The molecule has 0 aromatic heterocycles. The number of hydrogen-bond donors (Lipinski definition) is 2. The molecule has 2 N–H and O–H groups in total. The van der Waals surface area contributed by atoms with Crippen LogP contribution in [0.25, 0.3) is 0 Å². The summed E-state index contributed by atoms with van der Waals surface area (Å²) < 4.78 is 13.3. The maximum absolute atomic E-state index is 13.3. The molecule has 23 heavy (non-hydrogen) atoms. The van der Waals surface area contributed by atoms with Crippen LogP contribution in [0.4, 0.5) is 15.8 Å². The lowest BCUT2D eigenvalue weighted by atomic mass is 9.89. The van der Waals surface area contributed by atoms with Gasteiger partial charge in [0.05, 0.1) is 5.92 Å². The lowest BCUT2D eigenvalue weighted by molar-refractivity contribution is -0.123. The fourth-order valence-electron chi connectivity index (χ4n) is 2.78. The second-order valence-corrected chi connectivity index (χ2v) is 5.77. The van der Waals surface area contributed by atoms with Gasteiger partial charge in [-0.2, -0.15) is 0 Å². The molecule has 2 aromatic rings. The normalized spacial score (nSPS) is 16.5. The molecule has 1 aliphatic heterocycles. The van der Waals surface area contributed by atoms with Gasteiger partial charge in [-0.15, -0.1) is 0 Å². The Labute approximate surface area is 133 Å². The summed E-state index contributed by atoms with van der Waals surface area (Å²) in [5, 5.41) is 5.50. The van der Waals surface area contributed by atoms with Crippen molar-refractivity contribution >= 4 is 23.2 Å². The van der Waals surface area contributed by atoms with E-state index in [4.69, 9.17) is 0 Å². The van der Waals surface area contributed by atoms with Gasteiger partial charge in [-0.05, 0) is 48.7 Å². The first kappa shape index (κ1) is 15.2. The van der Waals surface area contributed by atoms with Crippen LogP contribution in [0, 0.1) is 19.7 Å². The van der Waals surface area contributed by atoms with E-state index in [0.29, 0.717) is 11.3 Å². The lowest BCUT2D eigenvalue weighted by Crippen LogP contribution is -2.31. The molecule has 2 aromatic carbocycles. The fourth-order valence-corrected chi connectivity index (χ4v) is 2.78.